The van der Waals surface area contributed by atoms with Gasteiger partial charge in [0.2, 0.25) is 5.95 Å². The second kappa shape index (κ2) is 6.56. The number of aromatic amines is 1. The molecule has 0 bridgehead atoms. The van der Waals surface area contributed by atoms with E-state index in [1.165, 1.54) is 6.26 Å². The zero-order valence-corrected chi connectivity index (χ0v) is 13.5. The molecule has 7 nitrogen and oxygen atoms in total. The van der Waals surface area contributed by atoms with E-state index in [1.807, 2.05) is 24.3 Å². The van der Waals surface area contributed by atoms with Crippen LogP contribution in [0.5, 0.6) is 0 Å². The van der Waals surface area contributed by atoms with Gasteiger partial charge in [-0.3, -0.25) is 14.9 Å². The van der Waals surface area contributed by atoms with Gasteiger partial charge in [-0.15, -0.1) is 0 Å². The molecule has 0 aliphatic carbocycles. The topological polar surface area (TPSA) is 100 Å². The Labute approximate surface area is 148 Å². The largest absolute Gasteiger partial charge is 0.459 e. The molecular formula is C19H14N4O3. The molecule has 0 saturated heterocycles. The molecule has 0 saturated carbocycles. The molecule has 2 amide bonds. The summed E-state index contributed by atoms with van der Waals surface area (Å²) in [7, 11) is 0. The lowest BCUT2D eigenvalue weighted by atomic mass is 10.2. The third kappa shape index (κ3) is 3.18. The van der Waals surface area contributed by atoms with E-state index in [1.54, 1.807) is 36.4 Å². The lowest BCUT2D eigenvalue weighted by molar-refractivity contribution is 0.0993. The molecule has 0 aliphatic rings. The summed E-state index contributed by atoms with van der Waals surface area (Å²) in [5, 5.41) is 5.41. The number of nitrogens with zero attached hydrogens (tertiary/aromatic N) is 1. The predicted molar refractivity (Wildman–Crippen MR) is 97.2 cm³/mol. The molecular weight excluding hydrogens is 332 g/mol. The number of imidazole rings is 1. The first-order valence-electron chi connectivity index (χ1n) is 7.90. The van der Waals surface area contributed by atoms with Crippen molar-refractivity contribution in [2.45, 2.75) is 0 Å². The van der Waals surface area contributed by atoms with Gasteiger partial charge in [-0.1, -0.05) is 18.2 Å². The monoisotopic (exact) mass is 346 g/mol. The summed E-state index contributed by atoms with van der Waals surface area (Å²) in [6.45, 7) is 0. The molecule has 2 heterocycles. The molecule has 0 spiro atoms. The number of amides is 2. The number of nitrogens with one attached hydrogen (secondary N) is 3. The Hall–Kier alpha value is -3.87. The molecule has 0 fully saturated rings. The summed E-state index contributed by atoms with van der Waals surface area (Å²) in [5.41, 5.74) is 2.48. The maximum absolute atomic E-state index is 12.5. The van der Waals surface area contributed by atoms with E-state index in [9.17, 15) is 9.59 Å². The Morgan fingerprint density at radius 1 is 0.923 bits per heavy atom. The van der Waals surface area contributed by atoms with Crippen molar-refractivity contribution in [3.05, 3.63) is 78.3 Å². The Morgan fingerprint density at radius 2 is 1.81 bits per heavy atom. The van der Waals surface area contributed by atoms with E-state index in [4.69, 9.17) is 4.42 Å². The van der Waals surface area contributed by atoms with Gasteiger partial charge in [-0.2, -0.15) is 0 Å². The molecule has 26 heavy (non-hydrogen) atoms. The van der Waals surface area contributed by atoms with Gasteiger partial charge in [-0.05, 0) is 42.5 Å². The third-order valence-corrected chi connectivity index (χ3v) is 3.75. The third-order valence-electron chi connectivity index (χ3n) is 3.75. The highest BCUT2D eigenvalue weighted by molar-refractivity contribution is 6.06. The average molecular weight is 346 g/mol. The Bertz CT molecular complexity index is 1050. The fourth-order valence-corrected chi connectivity index (χ4v) is 2.53. The van der Waals surface area contributed by atoms with Crippen LogP contribution < -0.4 is 10.6 Å². The fourth-order valence-electron chi connectivity index (χ4n) is 2.53. The molecule has 4 rings (SSSR count). The predicted octanol–water partition coefficient (Wildman–Crippen LogP) is 3.66. The van der Waals surface area contributed by atoms with Crippen LogP contribution in [-0.4, -0.2) is 21.8 Å². The minimum Gasteiger partial charge on any atom is -0.459 e. The Morgan fingerprint density at radius 3 is 2.62 bits per heavy atom. The first-order valence-corrected chi connectivity index (χ1v) is 7.90. The van der Waals surface area contributed by atoms with Crippen LogP contribution in [0, 0.1) is 0 Å². The van der Waals surface area contributed by atoms with Crippen molar-refractivity contribution in [3.8, 4) is 0 Å². The summed E-state index contributed by atoms with van der Waals surface area (Å²) >= 11 is 0. The van der Waals surface area contributed by atoms with E-state index in [0.717, 1.165) is 11.0 Å². The molecule has 4 aromatic rings. The minimum absolute atomic E-state index is 0.196. The number of para-hydroxylation sites is 2. The van der Waals surface area contributed by atoms with E-state index in [-0.39, 0.29) is 17.6 Å². The number of aromatic nitrogens is 2. The molecule has 0 radical (unpaired) electrons. The standard InChI is InChI=1S/C19H14N4O3/c24-17(23-19-21-14-7-1-2-8-15(14)22-19)12-5-3-6-13(11-12)20-18(25)16-9-4-10-26-16/h1-11H,(H,20,25)(H2,21,22,23,24). The second-order valence-corrected chi connectivity index (χ2v) is 5.57. The van der Waals surface area contributed by atoms with Crippen LogP contribution in [-0.2, 0) is 0 Å². The maximum Gasteiger partial charge on any atom is 0.291 e. The van der Waals surface area contributed by atoms with Gasteiger partial charge in [0.25, 0.3) is 11.8 Å². The molecule has 128 valence electrons. The van der Waals surface area contributed by atoms with Crippen molar-refractivity contribution in [2.75, 3.05) is 10.6 Å². The number of H-pyrrole nitrogens is 1. The SMILES string of the molecule is O=C(Nc1nc2ccccc2[nH]1)c1cccc(NC(=O)c2ccco2)c1. The summed E-state index contributed by atoms with van der Waals surface area (Å²) in [6.07, 6.45) is 1.42. The minimum atomic E-state index is -0.384. The van der Waals surface area contributed by atoms with Gasteiger partial charge in [0.05, 0.1) is 17.3 Å². The van der Waals surface area contributed by atoms with E-state index >= 15 is 0 Å². The summed E-state index contributed by atoms with van der Waals surface area (Å²) in [4.78, 5) is 31.8. The first kappa shape index (κ1) is 15.6. The zero-order valence-electron chi connectivity index (χ0n) is 13.5. The first-order chi connectivity index (χ1) is 12.7. The van der Waals surface area contributed by atoms with Crippen LogP contribution in [0.15, 0.2) is 71.3 Å². The average Bonchev–Trinajstić information content (AvgIpc) is 3.31. The van der Waals surface area contributed by atoms with Crippen LogP contribution in [0.1, 0.15) is 20.9 Å². The van der Waals surface area contributed by atoms with Gasteiger partial charge >= 0.3 is 0 Å². The van der Waals surface area contributed by atoms with Crippen LogP contribution in [0.3, 0.4) is 0 Å². The fraction of sp³-hybridized carbons (Fsp3) is 0. The van der Waals surface area contributed by atoms with Crippen LogP contribution >= 0.6 is 0 Å². The molecule has 2 aromatic carbocycles. The zero-order chi connectivity index (χ0) is 17.9. The summed E-state index contributed by atoms with van der Waals surface area (Å²) in [6, 6.07) is 17.3. The smallest absolute Gasteiger partial charge is 0.291 e. The molecule has 7 heteroatoms. The van der Waals surface area contributed by atoms with Crippen molar-refractivity contribution >= 4 is 34.5 Å². The number of furan rings is 1. The number of anilines is 2. The second-order valence-electron chi connectivity index (χ2n) is 5.57. The highest BCUT2D eigenvalue weighted by Gasteiger charge is 2.12. The van der Waals surface area contributed by atoms with Crippen LogP contribution in [0.2, 0.25) is 0 Å². The van der Waals surface area contributed by atoms with Crippen molar-refractivity contribution in [3.63, 3.8) is 0 Å². The molecule has 3 N–H and O–H groups in total. The molecule has 0 unspecified atom stereocenters. The van der Waals surface area contributed by atoms with Crippen molar-refractivity contribution in [1.29, 1.82) is 0 Å². The van der Waals surface area contributed by atoms with E-state index < -0.39 is 0 Å². The summed E-state index contributed by atoms with van der Waals surface area (Å²) in [5.74, 6) is -0.161. The van der Waals surface area contributed by atoms with E-state index in [0.29, 0.717) is 17.2 Å². The number of benzene rings is 2. The van der Waals surface area contributed by atoms with Crippen LogP contribution in [0.25, 0.3) is 11.0 Å². The van der Waals surface area contributed by atoms with Gasteiger partial charge in [0, 0.05) is 11.3 Å². The Kier molecular flexibility index (Phi) is 3.95. The quantitative estimate of drug-likeness (QED) is 0.525. The Balaban J connectivity index is 1.50. The van der Waals surface area contributed by atoms with Crippen LogP contribution in [0.4, 0.5) is 11.6 Å². The van der Waals surface area contributed by atoms with Crippen molar-refractivity contribution in [1.82, 2.24) is 9.97 Å². The normalized spacial score (nSPS) is 10.6. The van der Waals surface area contributed by atoms with Gasteiger partial charge in [-0.25, -0.2) is 4.98 Å². The maximum atomic E-state index is 12.5. The van der Waals surface area contributed by atoms with Gasteiger partial charge in [0.15, 0.2) is 5.76 Å². The van der Waals surface area contributed by atoms with Gasteiger partial charge < -0.3 is 14.7 Å². The number of carbonyl (C=O) groups excluding carboxylic acids is 2. The lowest BCUT2D eigenvalue weighted by Crippen LogP contribution is -2.15. The summed E-state index contributed by atoms with van der Waals surface area (Å²) < 4.78 is 5.05. The van der Waals surface area contributed by atoms with Crippen molar-refractivity contribution in [2.24, 2.45) is 0 Å². The number of hydrogen-bond donors (Lipinski definition) is 3. The van der Waals surface area contributed by atoms with Gasteiger partial charge in [0.1, 0.15) is 0 Å². The molecule has 0 aliphatic heterocycles. The number of hydrogen-bond acceptors (Lipinski definition) is 4. The highest BCUT2D eigenvalue weighted by atomic mass is 16.3. The highest BCUT2D eigenvalue weighted by Crippen LogP contribution is 2.16. The van der Waals surface area contributed by atoms with Crippen molar-refractivity contribution < 1.29 is 14.0 Å². The molecule has 2 aromatic heterocycles. The number of carbonyl (C=O) groups is 2. The number of rotatable bonds is 4. The number of fused-ring (bicyclic) bond motifs is 1. The van der Waals surface area contributed by atoms with E-state index in [2.05, 4.69) is 20.6 Å². The lowest BCUT2D eigenvalue weighted by Gasteiger charge is -2.06. The molecule has 0 atom stereocenters.